The van der Waals surface area contributed by atoms with Crippen LogP contribution >= 0.6 is 0 Å². The van der Waals surface area contributed by atoms with E-state index in [0.29, 0.717) is 0 Å². The summed E-state index contributed by atoms with van der Waals surface area (Å²) >= 11 is 0. The summed E-state index contributed by atoms with van der Waals surface area (Å²) in [4.78, 5) is 0. The minimum Gasteiger partial charge on any atom is -0.393 e. The zero-order valence-electron chi connectivity index (χ0n) is 11.4. The number of hydrogen-bond donors (Lipinski definition) is 1. The van der Waals surface area contributed by atoms with Crippen molar-refractivity contribution in [1.82, 2.24) is 4.57 Å². The Balaban J connectivity index is 2.35. The first-order valence-corrected chi connectivity index (χ1v) is 6.78. The number of rotatable bonds is 0. The van der Waals surface area contributed by atoms with Crippen molar-refractivity contribution >= 4 is 10.9 Å². The number of benzene rings is 1. The van der Waals surface area contributed by atoms with Crippen molar-refractivity contribution < 1.29 is 5.11 Å². The van der Waals surface area contributed by atoms with Crippen LogP contribution in [0.15, 0.2) is 24.3 Å². The van der Waals surface area contributed by atoms with Gasteiger partial charge in [0.05, 0.1) is 6.10 Å². The molecule has 1 aliphatic carbocycles. The third-order valence-corrected chi connectivity index (χ3v) is 3.91. The summed E-state index contributed by atoms with van der Waals surface area (Å²) < 4.78 is 2.46. The summed E-state index contributed by atoms with van der Waals surface area (Å²) in [5.74, 6) is 0. The average molecular weight is 243 g/mol. The highest BCUT2D eigenvalue weighted by atomic mass is 16.3. The zero-order valence-corrected chi connectivity index (χ0v) is 11.4. The SMILES string of the molecule is CC(C)(C)n1c2c(c3ccccc31)CC(O)CC2. The molecule has 2 heteroatoms. The third-order valence-electron chi connectivity index (χ3n) is 3.91. The smallest absolute Gasteiger partial charge is 0.0585 e. The van der Waals surface area contributed by atoms with Crippen LogP contribution in [-0.2, 0) is 18.4 Å². The fourth-order valence-corrected chi connectivity index (χ4v) is 3.26. The molecule has 0 spiro atoms. The molecule has 0 bridgehead atoms. The molecule has 0 saturated heterocycles. The number of aliphatic hydroxyl groups excluding tert-OH is 1. The van der Waals surface area contributed by atoms with E-state index in [9.17, 15) is 5.11 Å². The number of fused-ring (bicyclic) bond motifs is 3. The van der Waals surface area contributed by atoms with Gasteiger partial charge < -0.3 is 9.67 Å². The van der Waals surface area contributed by atoms with Crippen LogP contribution in [0.4, 0.5) is 0 Å². The van der Waals surface area contributed by atoms with Crippen molar-refractivity contribution in [3.63, 3.8) is 0 Å². The fourth-order valence-electron chi connectivity index (χ4n) is 3.26. The highest BCUT2D eigenvalue weighted by molar-refractivity contribution is 5.86. The van der Waals surface area contributed by atoms with E-state index < -0.39 is 0 Å². The summed E-state index contributed by atoms with van der Waals surface area (Å²) in [6, 6.07) is 8.59. The maximum absolute atomic E-state index is 9.92. The van der Waals surface area contributed by atoms with Crippen molar-refractivity contribution in [1.29, 1.82) is 0 Å². The van der Waals surface area contributed by atoms with E-state index in [1.54, 1.807) is 0 Å². The summed E-state index contributed by atoms with van der Waals surface area (Å²) in [5, 5.41) is 11.2. The molecule has 0 aliphatic heterocycles. The van der Waals surface area contributed by atoms with Gasteiger partial charge in [-0.1, -0.05) is 18.2 Å². The highest BCUT2D eigenvalue weighted by Gasteiger charge is 2.28. The molecule has 0 radical (unpaired) electrons. The Hall–Kier alpha value is -1.28. The Labute approximate surface area is 108 Å². The summed E-state index contributed by atoms with van der Waals surface area (Å²) in [6.07, 6.45) is 2.51. The van der Waals surface area contributed by atoms with E-state index in [2.05, 4.69) is 49.6 Å². The van der Waals surface area contributed by atoms with Crippen molar-refractivity contribution in [3.05, 3.63) is 35.5 Å². The first kappa shape index (κ1) is 11.8. The second-order valence-electron chi connectivity index (χ2n) is 6.35. The summed E-state index contributed by atoms with van der Waals surface area (Å²) in [7, 11) is 0. The molecule has 1 N–H and O–H groups in total. The van der Waals surface area contributed by atoms with Crippen LogP contribution in [0.5, 0.6) is 0 Å². The first-order valence-electron chi connectivity index (χ1n) is 6.78. The highest BCUT2D eigenvalue weighted by Crippen LogP contribution is 2.36. The van der Waals surface area contributed by atoms with Crippen LogP contribution in [0.3, 0.4) is 0 Å². The van der Waals surface area contributed by atoms with Gasteiger partial charge in [-0.25, -0.2) is 0 Å². The molecule has 0 fully saturated rings. The second kappa shape index (κ2) is 3.86. The monoisotopic (exact) mass is 243 g/mol. The lowest BCUT2D eigenvalue weighted by Gasteiger charge is -2.28. The van der Waals surface area contributed by atoms with Gasteiger partial charge >= 0.3 is 0 Å². The third kappa shape index (κ3) is 1.67. The molecule has 1 unspecified atom stereocenters. The Kier molecular flexibility index (Phi) is 2.53. The first-order chi connectivity index (χ1) is 8.48. The Morgan fingerprint density at radius 1 is 1.22 bits per heavy atom. The van der Waals surface area contributed by atoms with Gasteiger partial charge in [0.2, 0.25) is 0 Å². The molecule has 1 aliphatic rings. The van der Waals surface area contributed by atoms with E-state index in [1.165, 1.54) is 22.2 Å². The largest absolute Gasteiger partial charge is 0.393 e. The number of hydrogen-bond acceptors (Lipinski definition) is 1. The van der Waals surface area contributed by atoms with Crippen LogP contribution in [0.2, 0.25) is 0 Å². The van der Waals surface area contributed by atoms with Crippen molar-refractivity contribution in [2.75, 3.05) is 0 Å². The lowest BCUT2D eigenvalue weighted by Crippen LogP contribution is -2.27. The molecule has 0 amide bonds. The van der Waals surface area contributed by atoms with Gasteiger partial charge in [-0.3, -0.25) is 0 Å². The maximum Gasteiger partial charge on any atom is 0.0585 e. The second-order valence-corrected chi connectivity index (χ2v) is 6.35. The summed E-state index contributed by atoms with van der Waals surface area (Å²) in [6.45, 7) is 6.76. The fraction of sp³-hybridized carbons (Fsp3) is 0.500. The van der Waals surface area contributed by atoms with Gasteiger partial charge in [-0.05, 0) is 45.2 Å². The van der Waals surface area contributed by atoms with Crippen molar-refractivity contribution in [3.8, 4) is 0 Å². The Morgan fingerprint density at radius 2 is 1.94 bits per heavy atom. The van der Waals surface area contributed by atoms with Crippen LogP contribution in [0.25, 0.3) is 10.9 Å². The molecule has 18 heavy (non-hydrogen) atoms. The van der Waals surface area contributed by atoms with E-state index >= 15 is 0 Å². The molecule has 96 valence electrons. The van der Waals surface area contributed by atoms with Crippen molar-refractivity contribution in [2.24, 2.45) is 0 Å². The van der Waals surface area contributed by atoms with Gasteiger partial charge in [0.15, 0.2) is 0 Å². The average Bonchev–Trinajstić information content (AvgIpc) is 2.62. The predicted octanol–water partition coefficient (Wildman–Crippen LogP) is 3.25. The van der Waals surface area contributed by atoms with E-state index in [-0.39, 0.29) is 11.6 Å². The normalized spacial score (nSPS) is 20.1. The molecule has 3 rings (SSSR count). The minimum absolute atomic E-state index is 0.0927. The lowest BCUT2D eigenvalue weighted by atomic mass is 9.93. The molecular formula is C16H21NO. The van der Waals surface area contributed by atoms with Gasteiger partial charge in [-0.15, -0.1) is 0 Å². The number of nitrogens with zero attached hydrogens (tertiary/aromatic N) is 1. The molecule has 1 aromatic heterocycles. The Bertz CT molecular complexity index is 589. The quantitative estimate of drug-likeness (QED) is 0.755. The molecule has 1 heterocycles. The number of aromatic nitrogens is 1. The van der Waals surface area contributed by atoms with Crippen LogP contribution in [0.1, 0.15) is 38.4 Å². The van der Waals surface area contributed by atoms with Crippen LogP contribution in [-0.4, -0.2) is 15.8 Å². The number of para-hydroxylation sites is 1. The molecule has 0 saturated carbocycles. The van der Waals surface area contributed by atoms with Crippen molar-refractivity contribution in [2.45, 2.75) is 51.7 Å². The molecule has 1 aromatic carbocycles. The van der Waals surface area contributed by atoms with Gasteiger partial charge in [0.1, 0.15) is 0 Å². The molecule has 1 atom stereocenters. The van der Waals surface area contributed by atoms with Crippen LogP contribution in [0, 0.1) is 0 Å². The topological polar surface area (TPSA) is 25.2 Å². The lowest BCUT2D eigenvalue weighted by molar-refractivity contribution is 0.156. The Morgan fingerprint density at radius 3 is 2.67 bits per heavy atom. The van der Waals surface area contributed by atoms with E-state index in [0.717, 1.165) is 19.3 Å². The van der Waals surface area contributed by atoms with Crippen LogP contribution < -0.4 is 0 Å². The standard InChI is InChI=1S/C16H21NO/c1-16(2,3)17-14-7-5-4-6-12(14)13-10-11(18)8-9-15(13)17/h4-7,11,18H,8-10H2,1-3H3. The summed E-state index contributed by atoms with van der Waals surface area (Å²) in [5.41, 5.74) is 4.19. The maximum atomic E-state index is 9.92. The van der Waals surface area contributed by atoms with Gasteiger partial charge in [0, 0.05) is 28.6 Å². The predicted molar refractivity (Wildman–Crippen MR) is 75.0 cm³/mol. The number of aliphatic hydroxyl groups is 1. The van der Waals surface area contributed by atoms with Gasteiger partial charge in [-0.2, -0.15) is 0 Å². The molecule has 2 aromatic rings. The van der Waals surface area contributed by atoms with Gasteiger partial charge in [0.25, 0.3) is 0 Å². The zero-order chi connectivity index (χ0) is 12.9. The minimum atomic E-state index is -0.170. The molecular weight excluding hydrogens is 222 g/mol. The molecule has 2 nitrogen and oxygen atoms in total. The van der Waals surface area contributed by atoms with E-state index in [4.69, 9.17) is 0 Å². The van der Waals surface area contributed by atoms with E-state index in [1.807, 2.05) is 0 Å².